The van der Waals surface area contributed by atoms with E-state index in [2.05, 4.69) is 65.7 Å². The van der Waals surface area contributed by atoms with Crippen molar-refractivity contribution in [2.24, 2.45) is 5.73 Å². The number of nitrogens with one attached hydrogen (secondary N) is 1. The lowest BCUT2D eigenvalue weighted by atomic mass is 9.89. The highest BCUT2D eigenvalue weighted by Crippen LogP contribution is 2.36. The number of hydrogen-bond donors (Lipinski definition) is 2. The van der Waals surface area contributed by atoms with E-state index in [-0.39, 0.29) is 11.5 Å². The van der Waals surface area contributed by atoms with E-state index in [1.54, 1.807) is 0 Å². The van der Waals surface area contributed by atoms with Crippen LogP contribution in [0.4, 0.5) is 0 Å². The Bertz CT molecular complexity index is 1160. The molecule has 176 valence electrons. The number of primary amides is 1. The van der Waals surface area contributed by atoms with Crippen LogP contribution in [0, 0.1) is 0 Å². The lowest BCUT2D eigenvalue weighted by Crippen LogP contribution is -2.63. The number of amides is 1. The average molecular weight is 450 g/mol. The number of nitrogens with two attached hydrogens (primary N) is 1. The molecule has 4 heterocycles. The summed E-state index contributed by atoms with van der Waals surface area (Å²) >= 11 is 0. The summed E-state index contributed by atoms with van der Waals surface area (Å²) < 4.78 is 8.06. The minimum atomic E-state index is -0.425. The molecule has 3 N–H and O–H groups in total. The largest absolute Gasteiger partial charge is 0.372 e. The molecule has 0 saturated carbocycles. The highest BCUT2D eigenvalue weighted by atomic mass is 16.5. The Labute approximate surface area is 195 Å². The van der Waals surface area contributed by atoms with Crippen molar-refractivity contribution in [1.82, 2.24) is 19.4 Å². The number of carbonyl (C=O) groups is 1. The molecule has 2 aromatic heterocycles. The molecule has 2 aliphatic rings. The summed E-state index contributed by atoms with van der Waals surface area (Å²) in [5.74, 6) is 0.724. The maximum atomic E-state index is 12.5. The third-order valence-corrected chi connectivity index (χ3v) is 7.57. The van der Waals surface area contributed by atoms with Gasteiger partial charge in [0.25, 0.3) is 5.91 Å². The predicted molar refractivity (Wildman–Crippen MR) is 129 cm³/mol. The monoisotopic (exact) mass is 449 g/mol. The number of para-hydroxylation sites is 1. The van der Waals surface area contributed by atoms with Crippen LogP contribution in [-0.4, -0.2) is 50.1 Å². The van der Waals surface area contributed by atoms with Crippen molar-refractivity contribution < 1.29 is 9.53 Å². The second-order valence-corrected chi connectivity index (χ2v) is 10.1. The molecule has 0 aliphatic carbocycles. The second-order valence-electron chi connectivity index (χ2n) is 10.1. The first kappa shape index (κ1) is 22.2. The summed E-state index contributed by atoms with van der Waals surface area (Å²) in [5, 5.41) is 1.25. The average Bonchev–Trinajstić information content (AvgIpc) is 3.37. The predicted octanol–water partition coefficient (Wildman–Crippen LogP) is 3.97. The first-order chi connectivity index (χ1) is 15.9. The highest BCUT2D eigenvalue weighted by molar-refractivity contribution is 5.92. The van der Waals surface area contributed by atoms with Crippen LogP contribution >= 0.6 is 0 Å². The number of ether oxygens (including phenoxy) is 1. The molecule has 7 heteroatoms. The van der Waals surface area contributed by atoms with E-state index in [1.165, 1.54) is 10.9 Å². The van der Waals surface area contributed by atoms with Gasteiger partial charge in [-0.05, 0) is 38.3 Å². The molecular formula is C26H35N5O2. The number of fused-ring (bicyclic) bond motifs is 2. The van der Waals surface area contributed by atoms with Crippen LogP contribution in [0.2, 0.25) is 0 Å². The van der Waals surface area contributed by atoms with Gasteiger partial charge in [-0.25, -0.2) is 4.98 Å². The van der Waals surface area contributed by atoms with Crippen LogP contribution in [0.3, 0.4) is 0 Å². The fourth-order valence-electron chi connectivity index (χ4n) is 5.62. The summed E-state index contributed by atoms with van der Waals surface area (Å²) in [5.41, 5.74) is 9.65. The number of aromatic amines is 1. The zero-order valence-electron chi connectivity index (χ0n) is 19.9. The SMILES string of the molecule is CCCCC(Cc1c[nH]c2ccccc12)c1c(C(N)=O)nc2n1CCN(C1COC1(C)C)C2. The minimum Gasteiger partial charge on any atom is -0.372 e. The number of aromatic nitrogens is 3. The molecule has 5 rings (SSSR count). The van der Waals surface area contributed by atoms with E-state index < -0.39 is 5.91 Å². The number of carbonyl (C=O) groups excluding carboxylic acids is 1. The van der Waals surface area contributed by atoms with Gasteiger partial charge < -0.3 is 20.0 Å². The van der Waals surface area contributed by atoms with Gasteiger partial charge in [0.2, 0.25) is 0 Å². The van der Waals surface area contributed by atoms with Crippen LogP contribution in [0.25, 0.3) is 10.9 Å². The van der Waals surface area contributed by atoms with Crippen molar-refractivity contribution in [3.8, 4) is 0 Å². The molecule has 0 bridgehead atoms. The summed E-state index contributed by atoms with van der Waals surface area (Å²) in [6, 6.07) is 8.78. The molecule has 7 nitrogen and oxygen atoms in total. The van der Waals surface area contributed by atoms with Gasteiger partial charge in [-0.3, -0.25) is 9.69 Å². The number of unbranched alkanes of at least 4 members (excludes halogenated alkanes) is 1. The summed E-state index contributed by atoms with van der Waals surface area (Å²) in [4.78, 5) is 23.2. The fraction of sp³-hybridized carbons (Fsp3) is 0.538. The number of rotatable bonds is 8. The lowest BCUT2D eigenvalue weighted by molar-refractivity contribution is -0.197. The molecule has 33 heavy (non-hydrogen) atoms. The van der Waals surface area contributed by atoms with E-state index >= 15 is 0 Å². The Hall–Kier alpha value is -2.64. The fourth-order valence-corrected chi connectivity index (χ4v) is 5.62. The van der Waals surface area contributed by atoms with E-state index in [9.17, 15) is 4.79 Å². The van der Waals surface area contributed by atoms with Gasteiger partial charge in [0.15, 0.2) is 0 Å². The van der Waals surface area contributed by atoms with Crippen molar-refractivity contribution in [2.45, 2.75) is 77.1 Å². The van der Waals surface area contributed by atoms with Crippen molar-refractivity contribution in [3.05, 3.63) is 53.2 Å². The number of benzene rings is 1. The van der Waals surface area contributed by atoms with Gasteiger partial charge in [0.1, 0.15) is 11.5 Å². The number of imidazole rings is 1. The number of H-pyrrole nitrogens is 1. The van der Waals surface area contributed by atoms with Crippen LogP contribution < -0.4 is 5.73 Å². The van der Waals surface area contributed by atoms with Crippen molar-refractivity contribution >= 4 is 16.8 Å². The molecule has 0 spiro atoms. The van der Waals surface area contributed by atoms with Gasteiger partial charge in [0.05, 0.1) is 30.5 Å². The first-order valence-corrected chi connectivity index (χ1v) is 12.2. The van der Waals surface area contributed by atoms with Gasteiger partial charge >= 0.3 is 0 Å². The Morgan fingerprint density at radius 2 is 2.15 bits per heavy atom. The molecule has 2 atom stereocenters. The molecule has 3 aromatic rings. The molecule has 2 unspecified atom stereocenters. The van der Waals surface area contributed by atoms with Crippen molar-refractivity contribution in [3.63, 3.8) is 0 Å². The minimum absolute atomic E-state index is 0.136. The summed E-state index contributed by atoms with van der Waals surface area (Å²) in [7, 11) is 0. The molecule has 1 fully saturated rings. The van der Waals surface area contributed by atoms with Gasteiger partial charge in [-0.15, -0.1) is 0 Å². The van der Waals surface area contributed by atoms with Crippen LogP contribution in [0.5, 0.6) is 0 Å². The maximum Gasteiger partial charge on any atom is 0.269 e. The molecular weight excluding hydrogens is 414 g/mol. The Balaban J connectivity index is 1.50. The Kier molecular flexibility index (Phi) is 5.79. The Morgan fingerprint density at radius 3 is 2.85 bits per heavy atom. The molecule has 2 aliphatic heterocycles. The van der Waals surface area contributed by atoms with E-state index in [1.807, 2.05) is 0 Å². The van der Waals surface area contributed by atoms with Crippen molar-refractivity contribution in [2.75, 3.05) is 13.2 Å². The summed E-state index contributed by atoms with van der Waals surface area (Å²) in [6.45, 7) is 9.74. The van der Waals surface area contributed by atoms with Gasteiger partial charge in [-0.2, -0.15) is 0 Å². The van der Waals surface area contributed by atoms with Crippen LogP contribution in [-0.2, 0) is 24.2 Å². The topological polar surface area (TPSA) is 89.2 Å². The number of nitrogens with zero attached hydrogens (tertiary/aromatic N) is 3. The van der Waals surface area contributed by atoms with Crippen LogP contribution in [0.1, 0.15) is 73.5 Å². The summed E-state index contributed by atoms with van der Waals surface area (Å²) in [6.07, 6.45) is 6.20. The quantitative estimate of drug-likeness (QED) is 0.545. The maximum absolute atomic E-state index is 12.5. The molecule has 1 amide bonds. The molecule has 0 radical (unpaired) electrons. The van der Waals surface area contributed by atoms with E-state index in [0.29, 0.717) is 11.7 Å². The highest BCUT2D eigenvalue weighted by Gasteiger charge is 2.45. The molecule has 1 saturated heterocycles. The standard InChI is InChI=1S/C26H35N5O2/c1-4-5-8-17(13-18-14-28-20-10-7-6-9-19(18)20)24-23(25(27)32)29-22-15-30(11-12-31(22)24)21-16-33-26(21,2)3/h6-7,9-10,14,17,21,28H,4-5,8,11-13,15-16H2,1-3H3,(H2,27,32). The third-order valence-electron chi connectivity index (χ3n) is 7.57. The van der Waals surface area contributed by atoms with E-state index in [4.69, 9.17) is 15.5 Å². The van der Waals surface area contributed by atoms with E-state index in [0.717, 1.165) is 69.0 Å². The van der Waals surface area contributed by atoms with Gasteiger partial charge in [-0.1, -0.05) is 38.0 Å². The van der Waals surface area contributed by atoms with Gasteiger partial charge in [0, 0.05) is 36.1 Å². The third kappa shape index (κ3) is 3.97. The second kappa shape index (κ2) is 8.61. The zero-order valence-corrected chi connectivity index (χ0v) is 19.9. The zero-order chi connectivity index (χ0) is 23.2. The Morgan fingerprint density at radius 1 is 1.33 bits per heavy atom. The lowest BCUT2D eigenvalue weighted by Gasteiger charge is -2.51. The molecule has 1 aromatic carbocycles. The first-order valence-electron chi connectivity index (χ1n) is 12.2. The smallest absolute Gasteiger partial charge is 0.269 e. The van der Waals surface area contributed by atoms with Crippen molar-refractivity contribution in [1.29, 1.82) is 0 Å². The normalized spacial score (nSPS) is 21.0. The number of hydrogen-bond acceptors (Lipinski definition) is 4. The van der Waals surface area contributed by atoms with Crippen LogP contribution in [0.15, 0.2) is 30.5 Å².